The van der Waals surface area contributed by atoms with Crippen molar-refractivity contribution >= 4 is 11.6 Å². The molecule has 3 heteroatoms. The highest BCUT2D eigenvalue weighted by Crippen LogP contribution is 2.43. The van der Waals surface area contributed by atoms with Crippen LogP contribution in [0.25, 0.3) is 0 Å². The van der Waals surface area contributed by atoms with Crippen LogP contribution in [-0.4, -0.2) is 18.8 Å². The summed E-state index contributed by atoms with van der Waals surface area (Å²) < 4.78 is 6.05. The third kappa shape index (κ3) is 5.13. The molecule has 1 aliphatic heterocycles. The molecule has 0 radical (unpaired) electrons. The Morgan fingerprint density at radius 2 is 1.74 bits per heavy atom. The number of benzene rings is 2. The van der Waals surface area contributed by atoms with Crippen LogP contribution in [0.5, 0.6) is 0 Å². The van der Waals surface area contributed by atoms with Gasteiger partial charge in [0.05, 0.1) is 12.1 Å². The summed E-state index contributed by atoms with van der Waals surface area (Å²) >= 11 is 6.02. The van der Waals surface area contributed by atoms with Crippen molar-refractivity contribution in [2.75, 3.05) is 13.2 Å². The molecule has 1 heterocycles. The molecule has 2 aromatic rings. The number of quaternary nitrogens is 1. The second kappa shape index (κ2) is 8.34. The molecule has 0 spiro atoms. The van der Waals surface area contributed by atoms with Gasteiger partial charge in [0.2, 0.25) is 0 Å². The molecule has 2 atom stereocenters. The van der Waals surface area contributed by atoms with Crippen LogP contribution in [-0.2, 0) is 10.2 Å². The van der Waals surface area contributed by atoms with E-state index < -0.39 is 0 Å². The number of hydrogen-bond acceptors (Lipinski definition) is 1. The van der Waals surface area contributed by atoms with Gasteiger partial charge in [0.1, 0.15) is 6.04 Å². The zero-order valence-corrected chi connectivity index (χ0v) is 17.9. The normalized spacial score (nSPS) is 23.1. The second-order valence-corrected chi connectivity index (χ2v) is 9.23. The van der Waals surface area contributed by atoms with Gasteiger partial charge in [0.25, 0.3) is 0 Å². The number of halogens is 1. The lowest BCUT2D eigenvalue weighted by molar-refractivity contribution is -0.693. The molecule has 2 aromatic carbocycles. The van der Waals surface area contributed by atoms with Gasteiger partial charge < -0.3 is 10.1 Å². The van der Waals surface area contributed by atoms with Gasteiger partial charge in [-0.05, 0) is 58.2 Å². The summed E-state index contributed by atoms with van der Waals surface area (Å²) in [5.74, 6) is 0. The molecular formula is C24H33ClNO+. The summed E-state index contributed by atoms with van der Waals surface area (Å²) in [6.07, 6.45) is 3.34. The fraction of sp³-hybridized carbons (Fsp3) is 0.500. The number of rotatable bonds is 6. The lowest BCUT2D eigenvalue weighted by Crippen LogP contribution is -2.85. The molecule has 0 unspecified atom stereocenters. The van der Waals surface area contributed by atoms with E-state index in [0.29, 0.717) is 6.04 Å². The van der Waals surface area contributed by atoms with Gasteiger partial charge >= 0.3 is 0 Å². The fourth-order valence-corrected chi connectivity index (χ4v) is 4.63. The van der Waals surface area contributed by atoms with Crippen molar-refractivity contribution in [3.05, 3.63) is 70.2 Å². The Kier molecular flexibility index (Phi) is 6.30. The fourth-order valence-electron chi connectivity index (χ4n) is 4.50. The van der Waals surface area contributed by atoms with Crippen LogP contribution in [0.1, 0.15) is 62.8 Å². The molecule has 3 rings (SSSR count). The first-order valence-corrected chi connectivity index (χ1v) is 10.5. The highest BCUT2D eigenvalue weighted by atomic mass is 35.5. The maximum Gasteiger partial charge on any atom is 0.109 e. The molecule has 0 aromatic heterocycles. The van der Waals surface area contributed by atoms with Crippen LogP contribution >= 0.6 is 11.6 Å². The highest BCUT2D eigenvalue weighted by Gasteiger charge is 2.42. The van der Waals surface area contributed by atoms with E-state index in [-0.39, 0.29) is 11.0 Å². The monoisotopic (exact) mass is 386 g/mol. The molecule has 0 saturated carbocycles. The zero-order chi connectivity index (χ0) is 19.5. The number of hydrogen-bond donors (Lipinski definition) is 1. The average molecular weight is 387 g/mol. The van der Waals surface area contributed by atoms with E-state index in [2.05, 4.69) is 69.4 Å². The first kappa shape index (κ1) is 20.4. The van der Waals surface area contributed by atoms with Crippen molar-refractivity contribution in [1.29, 1.82) is 0 Å². The molecule has 27 heavy (non-hydrogen) atoms. The summed E-state index contributed by atoms with van der Waals surface area (Å²) in [7, 11) is 0. The van der Waals surface area contributed by atoms with Crippen molar-refractivity contribution in [1.82, 2.24) is 0 Å². The maximum atomic E-state index is 6.05. The van der Waals surface area contributed by atoms with Crippen molar-refractivity contribution in [3.8, 4) is 0 Å². The van der Waals surface area contributed by atoms with Crippen molar-refractivity contribution < 1.29 is 10.1 Å². The smallest absolute Gasteiger partial charge is 0.109 e. The van der Waals surface area contributed by atoms with Gasteiger partial charge in [-0.15, -0.1) is 0 Å². The predicted molar refractivity (Wildman–Crippen MR) is 113 cm³/mol. The minimum absolute atomic E-state index is 0.0646. The lowest BCUT2D eigenvalue weighted by atomic mass is 9.67. The standard InChI is InChI=1S/C24H32ClNO/c1-18-5-9-21(10-6-18)24(14-16-27-23(3,4)17-24)13-15-26-19(2)20-7-11-22(25)12-8-20/h5-12,19,26H,13-17H2,1-4H3/p+1/t19-,24+/m1/s1. The first-order valence-electron chi connectivity index (χ1n) is 10.1. The summed E-state index contributed by atoms with van der Waals surface area (Å²) in [6, 6.07) is 17.8. The third-order valence-electron chi connectivity index (χ3n) is 6.04. The molecule has 0 bridgehead atoms. The van der Waals surface area contributed by atoms with E-state index in [9.17, 15) is 0 Å². The largest absolute Gasteiger partial charge is 0.376 e. The Labute approximate surface area is 169 Å². The zero-order valence-electron chi connectivity index (χ0n) is 17.1. The number of aryl methyl sites for hydroxylation is 1. The van der Waals surface area contributed by atoms with Crippen molar-refractivity contribution in [2.45, 2.75) is 64.0 Å². The third-order valence-corrected chi connectivity index (χ3v) is 6.29. The molecule has 0 amide bonds. The molecule has 1 fully saturated rings. The van der Waals surface area contributed by atoms with E-state index in [0.717, 1.165) is 31.0 Å². The minimum atomic E-state index is -0.0646. The summed E-state index contributed by atoms with van der Waals surface area (Å²) in [4.78, 5) is 0. The van der Waals surface area contributed by atoms with E-state index >= 15 is 0 Å². The van der Waals surface area contributed by atoms with Crippen LogP contribution in [0.3, 0.4) is 0 Å². The van der Waals surface area contributed by atoms with Crippen molar-refractivity contribution in [2.24, 2.45) is 0 Å². The van der Waals surface area contributed by atoms with E-state index in [1.807, 2.05) is 12.1 Å². The number of ether oxygens (including phenoxy) is 1. The quantitative estimate of drug-likeness (QED) is 0.726. The van der Waals surface area contributed by atoms with E-state index in [1.165, 1.54) is 23.1 Å². The van der Waals surface area contributed by atoms with Gasteiger partial charge in [-0.3, -0.25) is 0 Å². The topological polar surface area (TPSA) is 25.8 Å². The Morgan fingerprint density at radius 1 is 1.07 bits per heavy atom. The molecule has 0 aliphatic carbocycles. The maximum absolute atomic E-state index is 6.05. The lowest BCUT2D eigenvalue weighted by Gasteiger charge is -2.45. The first-order chi connectivity index (χ1) is 12.8. The van der Waals surface area contributed by atoms with Crippen LogP contribution in [0.2, 0.25) is 5.02 Å². The summed E-state index contributed by atoms with van der Waals surface area (Å²) in [5.41, 5.74) is 4.26. The van der Waals surface area contributed by atoms with Crippen LogP contribution in [0, 0.1) is 6.92 Å². The molecule has 2 nitrogen and oxygen atoms in total. The Morgan fingerprint density at radius 3 is 2.37 bits per heavy atom. The summed E-state index contributed by atoms with van der Waals surface area (Å²) in [5, 5.41) is 3.26. The van der Waals surface area contributed by atoms with Gasteiger partial charge in [0.15, 0.2) is 0 Å². The van der Waals surface area contributed by atoms with Gasteiger partial charge in [0, 0.05) is 29.0 Å². The van der Waals surface area contributed by atoms with Crippen LogP contribution in [0.15, 0.2) is 48.5 Å². The summed E-state index contributed by atoms with van der Waals surface area (Å²) in [6.45, 7) is 10.8. The van der Waals surface area contributed by atoms with Gasteiger partial charge in [-0.25, -0.2) is 0 Å². The Hall–Kier alpha value is -1.35. The predicted octanol–water partition coefficient (Wildman–Crippen LogP) is 5.19. The second-order valence-electron chi connectivity index (χ2n) is 8.80. The molecule has 1 aliphatic rings. The van der Waals surface area contributed by atoms with Crippen molar-refractivity contribution in [3.63, 3.8) is 0 Å². The van der Waals surface area contributed by atoms with E-state index in [1.54, 1.807) is 0 Å². The molecule has 1 saturated heterocycles. The minimum Gasteiger partial charge on any atom is -0.376 e. The average Bonchev–Trinajstić information content (AvgIpc) is 2.62. The van der Waals surface area contributed by atoms with Gasteiger partial charge in [-0.1, -0.05) is 53.6 Å². The van der Waals surface area contributed by atoms with E-state index in [4.69, 9.17) is 16.3 Å². The number of nitrogens with two attached hydrogens (primary N) is 1. The van der Waals surface area contributed by atoms with Crippen LogP contribution in [0.4, 0.5) is 0 Å². The molecule has 2 N–H and O–H groups in total. The Bertz CT molecular complexity index is 738. The molecule has 146 valence electrons. The van der Waals surface area contributed by atoms with Crippen LogP contribution < -0.4 is 5.32 Å². The molecular weight excluding hydrogens is 354 g/mol. The Balaban J connectivity index is 1.72. The highest BCUT2D eigenvalue weighted by molar-refractivity contribution is 6.30. The van der Waals surface area contributed by atoms with Gasteiger partial charge in [-0.2, -0.15) is 0 Å². The SMILES string of the molecule is Cc1ccc([C@@]2(CC[NH2+][C@H](C)c3ccc(Cl)cc3)CCOC(C)(C)C2)cc1.